The Bertz CT molecular complexity index is 1630. The molecule has 0 bridgehead atoms. The van der Waals surface area contributed by atoms with Crippen LogP contribution in [-0.2, 0) is 17.0 Å². The highest BCUT2D eigenvalue weighted by atomic mass is 16.6. The summed E-state index contributed by atoms with van der Waals surface area (Å²) in [5.74, 6) is 0.381. The van der Waals surface area contributed by atoms with E-state index < -0.39 is 11.7 Å². The maximum absolute atomic E-state index is 13.6. The average molecular weight is 504 g/mol. The number of esters is 1. The van der Waals surface area contributed by atoms with Gasteiger partial charge in [0.2, 0.25) is 0 Å². The van der Waals surface area contributed by atoms with Gasteiger partial charge in [-0.3, -0.25) is 9.88 Å². The van der Waals surface area contributed by atoms with E-state index in [1.165, 1.54) is 0 Å². The van der Waals surface area contributed by atoms with Gasteiger partial charge >= 0.3 is 5.97 Å². The van der Waals surface area contributed by atoms with E-state index in [-0.39, 0.29) is 0 Å². The van der Waals surface area contributed by atoms with E-state index >= 15 is 0 Å². The first-order chi connectivity index (χ1) is 18.6. The lowest BCUT2D eigenvalue weighted by atomic mass is 9.91. The van der Waals surface area contributed by atoms with E-state index in [2.05, 4.69) is 35.4 Å². The molecule has 0 N–H and O–H groups in total. The summed E-state index contributed by atoms with van der Waals surface area (Å²) in [5, 5.41) is 1.02. The summed E-state index contributed by atoms with van der Waals surface area (Å²) in [6, 6.07) is 29.8. The average Bonchev–Trinajstić information content (AvgIpc) is 3.41. The predicted octanol–water partition coefficient (Wildman–Crippen LogP) is 6.97. The summed E-state index contributed by atoms with van der Waals surface area (Å²) in [7, 11) is 0. The van der Waals surface area contributed by atoms with Gasteiger partial charge in [0, 0.05) is 40.7 Å². The Labute approximate surface area is 222 Å². The Kier molecular flexibility index (Phi) is 5.87. The number of aromatic nitrogens is 2. The van der Waals surface area contributed by atoms with Gasteiger partial charge in [0.05, 0.1) is 17.7 Å². The van der Waals surface area contributed by atoms with Crippen LogP contribution in [-0.4, -0.2) is 22.1 Å². The number of nitrogens with zero attached hydrogens (tertiary/aromatic N) is 3. The Balaban J connectivity index is 1.74. The molecule has 190 valence electrons. The Hall–Kier alpha value is -4.58. The SMILES string of the molecule is CCOc1ccc(N(c2ccccc2)C2(c3c(C)n(CC)c4ccccc34)OC(=O)c3cccnc32)cc1. The highest BCUT2D eigenvalue weighted by molar-refractivity contribution is 5.98. The number of cyclic esters (lactones) is 1. The standard InChI is InChI=1S/C32H29N3O3/c1-4-34-22(3)29(26-14-9-10-16-28(26)34)32(30-27(31(36)38-32)15-11-21-33-30)35(23-12-7-6-8-13-23)24-17-19-25(20-18-24)37-5-2/h6-21H,4-5H2,1-3H3. The van der Waals surface area contributed by atoms with Crippen molar-refractivity contribution in [2.24, 2.45) is 0 Å². The molecule has 0 fully saturated rings. The maximum Gasteiger partial charge on any atom is 0.342 e. The third-order valence-corrected chi connectivity index (χ3v) is 7.21. The van der Waals surface area contributed by atoms with Gasteiger partial charge in [-0.1, -0.05) is 36.4 Å². The second kappa shape index (κ2) is 9.38. The van der Waals surface area contributed by atoms with Crippen molar-refractivity contribution in [1.29, 1.82) is 0 Å². The van der Waals surface area contributed by atoms with Gasteiger partial charge in [-0.25, -0.2) is 4.79 Å². The number of fused-ring (bicyclic) bond motifs is 2. The van der Waals surface area contributed by atoms with Crippen LogP contribution < -0.4 is 9.64 Å². The van der Waals surface area contributed by atoms with E-state index in [9.17, 15) is 4.79 Å². The van der Waals surface area contributed by atoms with Crippen molar-refractivity contribution in [3.8, 4) is 5.75 Å². The number of aryl methyl sites for hydroxylation is 1. The predicted molar refractivity (Wildman–Crippen MR) is 149 cm³/mol. The van der Waals surface area contributed by atoms with Gasteiger partial charge in [0.25, 0.3) is 5.72 Å². The van der Waals surface area contributed by atoms with E-state index in [0.29, 0.717) is 17.9 Å². The molecule has 0 aliphatic carbocycles. The molecule has 1 aliphatic rings. The Morgan fingerprint density at radius 1 is 0.895 bits per heavy atom. The Morgan fingerprint density at radius 3 is 2.34 bits per heavy atom. The van der Waals surface area contributed by atoms with Gasteiger partial charge in [0.15, 0.2) is 0 Å². The monoisotopic (exact) mass is 503 g/mol. The number of para-hydroxylation sites is 2. The highest BCUT2D eigenvalue weighted by Gasteiger charge is 2.56. The lowest BCUT2D eigenvalue weighted by Gasteiger charge is -2.41. The van der Waals surface area contributed by atoms with Gasteiger partial charge in [-0.15, -0.1) is 0 Å². The fourth-order valence-corrected chi connectivity index (χ4v) is 5.72. The number of rotatable bonds is 7. The van der Waals surface area contributed by atoms with Crippen LogP contribution in [0.25, 0.3) is 10.9 Å². The van der Waals surface area contributed by atoms with Crippen LogP contribution in [0.3, 0.4) is 0 Å². The quantitative estimate of drug-likeness (QED) is 0.224. The molecule has 0 amide bonds. The summed E-state index contributed by atoms with van der Waals surface area (Å²) in [5.41, 5.74) is 4.42. The molecule has 0 spiro atoms. The second-order valence-corrected chi connectivity index (χ2v) is 9.25. The lowest BCUT2D eigenvalue weighted by molar-refractivity contribution is 0.0125. The van der Waals surface area contributed by atoms with Gasteiger partial charge in [-0.2, -0.15) is 0 Å². The molecule has 0 radical (unpaired) electrons. The normalized spacial score (nSPS) is 16.3. The molecule has 38 heavy (non-hydrogen) atoms. The minimum absolute atomic E-state index is 0.396. The molecule has 2 aromatic heterocycles. The molecule has 0 saturated heterocycles. The number of benzene rings is 3. The number of carbonyl (C=O) groups excluding carboxylic acids is 1. The Morgan fingerprint density at radius 2 is 1.61 bits per heavy atom. The molecule has 6 nitrogen and oxygen atoms in total. The molecule has 0 saturated carbocycles. The van der Waals surface area contributed by atoms with E-state index in [4.69, 9.17) is 14.5 Å². The van der Waals surface area contributed by atoms with Crippen LogP contribution in [0.5, 0.6) is 5.75 Å². The van der Waals surface area contributed by atoms with Crippen LogP contribution in [0.1, 0.15) is 41.2 Å². The smallest absolute Gasteiger partial charge is 0.342 e. The number of hydrogen-bond acceptors (Lipinski definition) is 5. The van der Waals surface area contributed by atoms with Crippen LogP contribution in [0.4, 0.5) is 11.4 Å². The molecular formula is C32H29N3O3. The van der Waals surface area contributed by atoms with E-state index in [1.54, 1.807) is 18.3 Å². The van der Waals surface area contributed by atoms with Crippen molar-refractivity contribution in [1.82, 2.24) is 9.55 Å². The summed E-state index contributed by atoms with van der Waals surface area (Å²) in [4.78, 5) is 20.5. The molecule has 6 rings (SSSR count). The minimum Gasteiger partial charge on any atom is -0.494 e. The zero-order chi connectivity index (χ0) is 26.3. The zero-order valence-corrected chi connectivity index (χ0v) is 21.7. The van der Waals surface area contributed by atoms with Crippen molar-refractivity contribution in [3.05, 3.63) is 120 Å². The molecule has 3 heterocycles. The van der Waals surface area contributed by atoms with Crippen LogP contribution in [0, 0.1) is 6.92 Å². The van der Waals surface area contributed by atoms with Crippen LogP contribution in [0.15, 0.2) is 97.2 Å². The maximum atomic E-state index is 13.6. The number of pyridine rings is 1. The van der Waals surface area contributed by atoms with Crippen molar-refractivity contribution >= 4 is 28.2 Å². The molecule has 6 heteroatoms. The van der Waals surface area contributed by atoms with Crippen molar-refractivity contribution in [2.75, 3.05) is 11.5 Å². The summed E-state index contributed by atoms with van der Waals surface area (Å²) >= 11 is 0. The number of ether oxygens (including phenoxy) is 2. The molecular weight excluding hydrogens is 474 g/mol. The summed E-state index contributed by atoms with van der Waals surface area (Å²) in [6.45, 7) is 7.54. The van der Waals surface area contributed by atoms with E-state index in [0.717, 1.165) is 45.8 Å². The van der Waals surface area contributed by atoms with Crippen molar-refractivity contribution < 1.29 is 14.3 Å². The van der Waals surface area contributed by atoms with Crippen molar-refractivity contribution in [3.63, 3.8) is 0 Å². The fraction of sp³-hybridized carbons (Fsp3) is 0.188. The number of hydrogen-bond donors (Lipinski definition) is 0. The third-order valence-electron chi connectivity index (χ3n) is 7.21. The van der Waals surface area contributed by atoms with Crippen LogP contribution >= 0.6 is 0 Å². The van der Waals surface area contributed by atoms with Crippen LogP contribution in [0.2, 0.25) is 0 Å². The van der Waals surface area contributed by atoms with E-state index in [1.807, 2.05) is 73.7 Å². The minimum atomic E-state index is -1.34. The summed E-state index contributed by atoms with van der Waals surface area (Å²) in [6.07, 6.45) is 1.73. The number of anilines is 2. The summed E-state index contributed by atoms with van der Waals surface area (Å²) < 4.78 is 14.6. The topological polar surface area (TPSA) is 56.6 Å². The third kappa shape index (κ3) is 3.48. The molecule has 1 atom stereocenters. The second-order valence-electron chi connectivity index (χ2n) is 9.25. The lowest BCUT2D eigenvalue weighted by Crippen LogP contribution is -2.46. The fourth-order valence-electron chi connectivity index (χ4n) is 5.72. The number of carbonyl (C=O) groups is 1. The molecule has 1 aliphatic heterocycles. The van der Waals surface area contributed by atoms with Gasteiger partial charge < -0.3 is 14.0 Å². The highest BCUT2D eigenvalue weighted by Crippen LogP contribution is 2.52. The zero-order valence-electron chi connectivity index (χ0n) is 21.7. The van der Waals surface area contributed by atoms with Crippen molar-refractivity contribution in [2.45, 2.75) is 33.0 Å². The largest absolute Gasteiger partial charge is 0.494 e. The molecule has 3 aromatic carbocycles. The van der Waals surface area contributed by atoms with Gasteiger partial charge in [-0.05, 0) is 75.4 Å². The first-order valence-electron chi connectivity index (χ1n) is 13.0. The molecule has 5 aromatic rings. The molecule has 1 unspecified atom stereocenters. The first-order valence-corrected chi connectivity index (χ1v) is 13.0. The first kappa shape index (κ1) is 23.8. The van der Waals surface area contributed by atoms with Gasteiger partial charge in [0.1, 0.15) is 11.4 Å².